The molecule has 1 atom stereocenters. The summed E-state index contributed by atoms with van der Waals surface area (Å²) in [7, 11) is 0. The van der Waals surface area contributed by atoms with Gasteiger partial charge in [-0.05, 0) is 62.4 Å². The van der Waals surface area contributed by atoms with Crippen molar-refractivity contribution in [2.75, 3.05) is 64.9 Å². The molecule has 1 unspecified atom stereocenters. The maximum Gasteiger partial charge on any atom is 0.180 e. The Morgan fingerprint density at radius 2 is 1.86 bits per heavy atom. The zero-order chi connectivity index (χ0) is 24.9. The highest BCUT2D eigenvalue weighted by Crippen LogP contribution is 2.21. The van der Waals surface area contributed by atoms with Crippen LogP contribution in [0.4, 0.5) is 10.1 Å². The molecule has 0 amide bonds. The third-order valence-electron chi connectivity index (χ3n) is 6.29. The van der Waals surface area contributed by atoms with E-state index >= 15 is 0 Å². The van der Waals surface area contributed by atoms with E-state index in [2.05, 4.69) is 4.90 Å². The van der Waals surface area contributed by atoms with Crippen molar-refractivity contribution in [3.8, 4) is 5.75 Å². The average Bonchev–Trinajstić information content (AvgIpc) is 3.38. The molecule has 0 aromatic heterocycles. The van der Waals surface area contributed by atoms with Crippen LogP contribution in [0.15, 0.2) is 42.4 Å². The Balaban J connectivity index is 1.28. The topological polar surface area (TPSA) is 110 Å². The van der Waals surface area contributed by atoms with Crippen LogP contribution in [-0.2, 0) is 16.1 Å². The first-order valence-electron chi connectivity index (χ1n) is 12.5. The van der Waals surface area contributed by atoms with Gasteiger partial charge in [0.1, 0.15) is 12.4 Å². The zero-order valence-electron chi connectivity index (χ0n) is 20.6. The summed E-state index contributed by atoms with van der Waals surface area (Å²) in [6.45, 7) is 7.21. The Morgan fingerprint density at radius 1 is 1.09 bits per heavy atom. The van der Waals surface area contributed by atoms with Gasteiger partial charge in [0, 0.05) is 37.6 Å². The normalized spacial score (nSPS) is 19.5. The van der Waals surface area contributed by atoms with Crippen LogP contribution in [0, 0.1) is 11.3 Å². The molecular formula is C26H40FN5O3. The van der Waals surface area contributed by atoms with Crippen LogP contribution < -0.4 is 16.2 Å². The lowest BCUT2D eigenvalue weighted by molar-refractivity contribution is 0.0923. The number of hydrogen-bond acceptors (Lipinski definition) is 7. The standard InChI is InChI=1S/C26H40FN5O3/c27-25(17-28)26(30)32-9-5-6-21(18-32)19-33-11-3-4-12-34-20-22-14-23(29)16-24(15-22)35-13-10-31-7-1-2-8-31/h3-4,14-17,21,30H,1-2,5-13,18-20,28-29H2/b4-3+,25-17+,30-26?. The smallest absolute Gasteiger partial charge is 0.180 e. The molecule has 2 saturated heterocycles. The Hall–Kier alpha value is -2.62. The second kappa shape index (κ2) is 14.7. The lowest BCUT2D eigenvalue weighted by Gasteiger charge is -2.33. The van der Waals surface area contributed by atoms with Gasteiger partial charge in [0.25, 0.3) is 0 Å². The molecule has 0 spiro atoms. The Labute approximate surface area is 208 Å². The van der Waals surface area contributed by atoms with Crippen LogP contribution in [-0.4, -0.2) is 74.8 Å². The number of rotatable bonds is 13. The van der Waals surface area contributed by atoms with E-state index in [-0.39, 0.29) is 11.8 Å². The van der Waals surface area contributed by atoms with E-state index in [0.717, 1.165) is 50.0 Å². The minimum atomic E-state index is -0.686. The number of nitrogens with one attached hydrogen (secondary N) is 1. The highest BCUT2D eigenvalue weighted by Gasteiger charge is 2.23. The fourth-order valence-corrected chi connectivity index (χ4v) is 4.47. The van der Waals surface area contributed by atoms with Crippen LogP contribution in [0.25, 0.3) is 0 Å². The number of hydrogen-bond donors (Lipinski definition) is 3. The largest absolute Gasteiger partial charge is 0.492 e. The highest BCUT2D eigenvalue weighted by molar-refractivity contribution is 5.93. The quantitative estimate of drug-likeness (QED) is 0.128. The second-order valence-electron chi connectivity index (χ2n) is 9.15. The van der Waals surface area contributed by atoms with Gasteiger partial charge in [0.15, 0.2) is 11.7 Å². The van der Waals surface area contributed by atoms with Gasteiger partial charge in [0.2, 0.25) is 0 Å². The third kappa shape index (κ3) is 9.51. The van der Waals surface area contributed by atoms with Crippen LogP contribution in [0.1, 0.15) is 31.2 Å². The zero-order valence-corrected chi connectivity index (χ0v) is 20.6. The van der Waals surface area contributed by atoms with E-state index in [4.69, 9.17) is 31.1 Å². The Kier molecular flexibility index (Phi) is 11.3. The molecular weight excluding hydrogens is 449 g/mol. The highest BCUT2D eigenvalue weighted by atomic mass is 19.1. The second-order valence-corrected chi connectivity index (χ2v) is 9.15. The number of nitrogens with zero attached hydrogens (tertiary/aromatic N) is 2. The minimum absolute atomic E-state index is 0.143. The summed E-state index contributed by atoms with van der Waals surface area (Å²) >= 11 is 0. The van der Waals surface area contributed by atoms with Crippen molar-refractivity contribution >= 4 is 11.5 Å². The van der Waals surface area contributed by atoms with Gasteiger partial charge in [-0.15, -0.1) is 0 Å². The van der Waals surface area contributed by atoms with Crippen LogP contribution in [0.2, 0.25) is 0 Å². The number of amidine groups is 1. The van der Waals surface area contributed by atoms with Gasteiger partial charge in [-0.1, -0.05) is 12.2 Å². The molecule has 9 heteroatoms. The fraction of sp³-hybridized carbons (Fsp3) is 0.577. The average molecular weight is 490 g/mol. The van der Waals surface area contributed by atoms with Crippen LogP contribution in [0.3, 0.4) is 0 Å². The van der Waals surface area contributed by atoms with E-state index in [1.54, 1.807) is 4.90 Å². The van der Waals surface area contributed by atoms with E-state index in [1.807, 2.05) is 30.4 Å². The summed E-state index contributed by atoms with van der Waals surface area (Å²) in [6, 6.07) is 5.74. The number of likely N-dealkylation sites (tertiary alicyclic amines) is 2. The summed E-state index contributed by atoms with van der Waals surface area (Å²) in [4.78, 5) is 4.14. The molecule has 2 fully saturated rings. The van der Waals surface area contributed by atoms with Crippen molar-refractivity contribution < 1.29 is 18.6 Å². The molecule has 3 rings (SSSR count). The molecule has 0 aliphatic carbocycles. The van der Waals surface area contributed by atoms with Crippen molar-refractivity contribution in [3.05, 3.63) is 47.9 Å². The van der Waals surface area contributed by atoms with Crippen LogP contribution >= 0.6 is 0 Å². The summed E-state index contributed by atoms with van der Waals surface area (Å²) in [6.07, 6.45) is 9.19. The first-order chi connectivity index (χ1) is 17.0. The van der Waals surface area contributed by atoms with Crippen molar-refractivity contribution in [2.45, 2.75) is 32.3 Å². The SMILES string of the molecule is N=C(/C(F)=C\N)N1CCCC(COC/C=C/COCc2cc(N)cc(OCCN3CCCC3)c2)C1. The molecule has 5 N–H and O–H groups in total. The lowest BCUT2D eigenvalue weighted by atomic mass is 9.99. The molecule has 1 aromatic rings. The fourth-order valence-electron chi connectivity index (χ4n) is 4.47. The van der Waals surface area contributed by atoms with Gasteiger partial charge in [-0.3, -0.25) is 10.3 Å². The maximum atomic E-state index is 13.5. The predicted molar refractivity (Wildman–Crippen MR) is 137 cm³/mol. The summed E-state index contributed by atoms with van der Waals surface area (Å²) < 4.78 is 30.9. The predicted octanol–water partition coefficient (Wildman–Crippen LogP) is 3.29. The van der Waals surface area contributed by atoms with Gasteiger partial charge in [-0.25, -0.2) is 4.39 Å². The van der Waals surface area contributed by atoms with Gasteiger partial charge >= 0.3 is 0 Å². The molecule has 2 aliphatic heterocycles. The van der Waals surface area contributed by atoms with Gasteiger partial charge < -0.3 is 30.6 Å². The molecule has 2 heterocycles. The van der Waals surface area contributed by atoms with Gasteiger partial charge in [0.05, 0.1) is 26.4 Å². The van der Waals surface area contributed by atoms with Crippen molar-refractivity contribution in [1.82, 2.24) is 9.80 Å². The minimum Gasteiger partial charge on any atom is -0.492 e. The number of halogens is 1. The summed E-state index contributed by atoms with van der Waals surface area (Å²) in [5.41, 5.74) is 12.9. The van der Waals surface area contributed by atoms with Gasteiger partial charge in [-0.2, -0.15) is 0 Å². The van der Waals surface area contributed by atoms with E-state index in [1.165, 1.54) is 12.8 Å². The molecule has 35 heavy (non-hydrogen) atoms. The van der Waals surface area contributed by atoms with Crippen LogP contribution in [0.5, 0.6) is 5.75 Å². The molecule has 0 saturated carbocycles. The third-order valence-corrected chi connectivity index (χ3v) is 6.29. The maximum absolute atomic E-state index is 13.5. The monoisotopic (exact) mass is 489 g/mol. The number of nitrogen functional groups attached to an aromatic ring is 1. The molecule has 194 valence electrons. The number of piperidine rings is 1. The van der Waals surface area contributed by atoms with Crippen molar-refractivity contribution in [3.63, 3.8) is 0 Å². The molecule has 8 nitrogen and oxygen atoms in total. The molecule has 2 aliphatic rings. The lowest BCUT2D eigenvalue weighted by Crippen LogP contribution is -2.41. The van der Waals surface area contributed by atoms with Crippen molar-refractivity contribution in [1.29, 1.82) is 5.41 Å². The van der Waals surface area contributed by atoms with E-state index in [9.17, 15) is 4.39 Å². The van der Waals surface area contributed by atoms with Crippen molar-refractivity contribution in [2.24, 2.45) is 11.7 Å². The molecule has 1 aromatic carbocycles. The number of ether oxygens (including phenoxy) is 3. The first kappa shape index (κ1) is 27.0. The summed E-state index contributed by atoms with van der Waals surface area (Å²) in [5.74, 6) is 0.226. The number of anilines is 1. The Bertz CT molecular complexity index is 857. The van der Waals surface area contributed by atoms with E-state index in [0.29, 0.717) is 51.8 Å². The van der Waals surface area contributed by atoms with E-state index < -0.39 is 5.83 Å². The Morgan fingerprint density at radius 3 is 2.63 bits per heavy atom. The summed E-state index contributed by atoms with van der Waals surface area (Å²) in [5, 5.41) is 7.86. The first-order valence-corrected chi connectivity index (χ1v) is 12.5. The molecule has 0 bridgehead atoms. The number of nitrogens with two attached hydrogens (primary N) is 2. The molecule has 0 radical (unpaired) electrons. The number of benzene rings is 1.